The highest BCUT2D eigenvalue weighted by Gasteiger charge is 2.15. The van der Waals surface area contributed by atoms with Crippen LogP contribution in [0.25, 0.3) is 11.0 Å². The molecule has 4 nitrogen and oxygen atoms in total. The van der Waals surface area contributed by atoms with Crippen LogP contribution in [0, 0.1) is 5.82 Å². The number of imidazole rings is 1. The molecule has 0 radical (unpaired) electrons. The van der Waals surface area contributed by atoms with Gasteiger partial charge in [-0.15, -0.1) is 11.6 Å². The van der Waals surface area contributed by atoms with E-state index in [1.807, 2.05) is 17.6 Å². The van der Waals surface area contributed by atoms with Crippen molar-refractivity contribution < 1.29 is 8.81 Å². The lowest BCUT2D eigenvalue weighted by molar-refractivity contribution is 0.446. The minimum atomic E-state index is -0.353. The predicted octanol–water partition coefficient (Wildman–Crippen LogP) is 3.51. The van der Waals surface area contributed by atoms with Gasteiger partial charge in [0.25, 0.3) is 0 Å². The average Bonchev–Trinajstić information content (AvgIpc) is 3.05. The zero-order valence-electron chi connectivity index (χ0n) is 10.9. The second kappa shape index (κ2) is 5.25. The number of hydrogen-bond donors (Lipinski definition) is 0. The third-order valence-electron chi connectivity index (χ3n) is 3.17. The van der Waals surface area contributed by atoms with Gasteiger partial charge in [-0.25, -0.2) is 14.4 Å². The van der Waals surface area contributed by atoms with E-state index in [0.717, 1.165) is 12.2 Å². The van der Waals surface area contributed by atoms with E-state index in [9.17, 15) is 4.39 Å². The smallest absolute Gasteiger partial charge is 0.214 e. The first kappa shape index (κ1) is 13.1. The summed E-state index contributed by atoms with van der Waals surface area (Å²) >= 11 is 5.90. The number of aryl methyl sites for hydroxylation is 1. The van der Waals surface area contributed by atoms with E-state index in [2.05, 4.69) is 9.97 Å². The van der Waals surface area contributed by atoms with E-state index in [1.54, 1.807) is 12.3 Å². The van der Waals surface area contributed by atoms with Crippen molar-refractivity contribution in [2.24, 2.45) is 0 Å². The molecule has 0 spiro atoms. The molecule has 0 amide bonds. The first-order chi connectivity index (χ1) is 9.72. The maximum absolute atomic E-state index is 13.8. The molecule has 0 aliphatic heterocycles. The monoisotopic (exact) mass is 293 g/mol. The molecule has 0 unspecified atom stereocenters. The molecular formula is C14H13ClFN3O. The second-order valence-corrected chi connectivity index (χ2v) is 4.70. The predicted molar refractivity (Wildman–Crippen MR) is 74.2 cm³/mol. The van der Waals surface area contributed by atoms with Crippen molar-refractivity contribution in [3.63, 3.8) is 0 Å². The highest BCUT2D eigenvalue weighted by Crippen LogP contribution is 2.21. The number of halogens is 2. The Hall–Kier alpha value is -1.88. The van der Waals surface area contributed by atoms with Gasteiger partial charge in [-0.3, -0.25) is 0 Å². The van der Waals surface area contributed by atoms with E-state index in [-0.39, 0.29) is 11.7 Å². The van der Waals surface area contributed by atoms with Crippen molar-refractivity contribution in [2.75, 3.05) is 0 Å². The van der Waals surface area contributed by atoms with Crippen molar-refractivity contribution in [3.8, 4) is 0 Å². The molecule has 1 aromatic carbocycles. The Morgan fingerprint density at radius 2 is 2.25 bits per heavy atom. The van der Waals surface area contributed by atoms with E-state index in [0.29, 0.717) is 29.3 Å². The molecule has 0 aliphatic carbocycles. The third-order valence-corrected chi connectivity index (χ3v) is 3.41. The van der Waals surface area contributed by atoms with Crippen LogP contribution >= 0.6 is 11.6 Å². The number of hydrogen-bond acceptors (Lipinski definition) is 3. The third kappa shape index (κ3) is 2.18. The van der Waals surface area contributed by atoms with Gasteiger partial charge in [-0.2, -0.15) is 0 Å². The number of benzene rings is 1. The topological polar surface area (TPSA) is 43.9 Å². The van der Waals surface area contributed by atoms with Gasteiger partial charge < -0.3 is 8.98 Å². The van der Waals surface area contributed by atoms with Crippen molar-refractivity contribution >= 4 is 22.6 Å². The Bertz CT molecular complexity index is 750. The minimum absolute atomic E-state index is 0.204. The summed E-state index contributed by atoms with van der Waals surface area (Å²) in [6.45, 7) is 2.39. The van der Waals surface area contributed by atoms with Crippen LogP contribution in [0.1, 0.15) is 24.4 Å². The summed E-state index contributed by atoms with van der Waals surface area (Å²) in [5.41, 5.74) is 1.02. The average molecular weight is 294 g/mol. The fourth-order valence-corrected chi connectivity index (χ4v) is 2.36. The molecule has 2 heterocycles. The standard InChI is InChI=1S/C14H13ClFN3O/c1-2-9-7-17-13(20-9)8-19-11-5-3-4-10(16)14(11)18-12(19)6-15/h3-5,7H,2,6,8H2,1H3. The van der Waals surface area contributed by atoms with Crippen LogP contribution < -0.4 is 0 Å². The van der Waals surface area contributed by atoms with Gasteiger partial charge in [0.15, 0.2) is 5.82 Å². The quantitative estimate of drug-likeness (QED) is 0.691. The Kier molecular flexibility index (Phi) is 3.44. The lowest BCUT2D eigenvalue weighted by atomic mass is 10.3. The Balaban J connectivity index is 2.07. The van der Waals surface area contributed by atoms with Gasteiger partial charge in [-0.05, 0) is 12.1 Å². The SMILES string of the molecule is CCc1cnc(Cn2c(CCl)nc3c(F)cccc32)o1. The fraction of sp³-hybridized carbons (Fsp3) is 0.286. The van der Waals surface area contributed by atoms with Gasteiger partial charge in [0.05, 0.1) is 17.6 Å². The Morgan fingerprint density at radius 1 is 1.40 bits per heavy atom. The van der Waals surface area contributed by atoms with Crippen LogP contribution in [0.2, 0.25) is 0 Å². The van der Waals surface area contributed by atoms with Crippen molar-refractivity contribution in [1.29, 1.82) is 0 Å². The molecule has 6 heteroatoms. The van der Waals surface area contributed by atoms with Gasteiger partial charge >= 0.3 is 0 Å². The largest absolute Gasteiger partial charge is 0.444 e. The van der Waals surface area contributed by atoms with Gasteiger partial charge in [0, 0.05) is 6.42 Å². The first-order valence-electron chi connectivity index (χ1n) is 6.36. The highest BCUT2D eigenvalue weighted by atomic mass is 35.5. The molecular weight excluding hydrogens is 281 g/mol. The zero-order valence-corrected chi connectivity index (χ0v) is 11.7. The molecule has 0 bridgehead atoms. The van der Waals surface area contributed by atoms with Crippen LogP contribution in [0.15, 0.2) is 28.8 Å². The number of aromatic nitrogens is 3. The normalized spacial score (nSPS) is 11.3. The van der Waals surface area contributed by atoms with E-state index in [4.69, 9.17) is 16.0 Å². The van der Waals surface area contributed by atoms with Crippen LogP contribution in [0.5, 0.6) is 0 Å². The number of nitrogens with zero attached hydrogens (tertiary/aromatic N) is 3. The maximum Gasteiger partial charge on any atom is 0.214 e. The molecule has 104 valence electrons. The van der Waals surface area contributed by atoms with Crippen LogP contribution in [0.4, 0.5) is 4.39 Å². The molecule has 0 fully saturated rings. The molecule has 0 atom stereocenters. The fourth-order valence-electron chi connectivity index (χ4n) is 2.16. The lowest BCUT2D eigenvalue weighted by Crippen LogP contribution is -2.04. The second-order valence-electron chi connectivity index (χ2n) is 4.43. The number of para-hydroxylation sites is 1. The van der Waals surface area contributed by atoms with Crippen molar-refractivity contribution in [1.82, 2.24) is 14.5 Å². The summed E-state index contributed by atoms with van der Waals surface area (Å²) in [6, 6.07) is 4.85. The number of oxazole rings is 1. The van der Waals surface area contributed by atoms with E-state index < -0.39 is 0 Å². The van der Waals surface area contributed by atoms with Crippen LogP contribution in [-0.4, -0.2) is 14.5 Å². The van der Waals surface area contributed by atoms with Crippen LogP contribution in [0.3, 0.4) is 0 Å². The molecule has 0 aliphatic rings. The highest BCUT2D eigenvalue weighted by molar-refractivity contribution is 6.16. The zero-order chi connectivity index (χ0) is 14.1. The van der Waals surface area contributed by atoms with Crippen molar-refractivity contribution in [2.45, 2.75) is 25.8 Å². The van der Waals surface area contributed by atoms with E-state index >= 15 is 0 Å². The molecule has 2 aromatic heterocycles. The summed E-state index contributed by atoms with van der Waals surface area (Å²) in [6.07, 6.45) is 2.49. The summed E-state index contributed by atoms with van der Waals surface area (Å²) in [7, 11) is 0. The molecule has 3 rings (SSSR count). The summed E-state index contributed by atoms with van der Waals surface area (Å²) in [5.74, 6) is 1.84. The molecule has 0 saturated heterocycles. The summed E-state index contributed by atoms with van der Waals surface area (Å²) in [5, 5.41) is 0. The number of rotatable bonds is 4. The Labute approximate surface area is 120 Å². The molecule has 3 aromatic rings. The van der Waals surface area contributed by atoms with Gasteiger partial charge in [0.1, 0.15) is 23.6 Å². The maximum atomic E-state index is 13.8. The van der Waals surface area contributed by atoms with Gasteiger partial charge in [-0.1, -0.05) is 13.0 Å². The Morgan fingerprint density at radius 3 is 2.95 bits per heavy atom. The molecule has 0 saturated carbocycles. The first-order valence-corrected chi connectivity index (χ1v) is 6.89. The van der Waals surface area contributed by atoms with Crippen molar-refractivity contribution in [3.05, 3.63) is 47.7 Å². The number of fused-ring (bicyclic) bond motifs is 1. The number of alkyl halides is 1. The minimum Gasteiger partial charge on any atom is -0.444 e. The van der Waals surface area contributed by atoms with Crippen LogP contribution in [-0.2, 0) is 18.8 Å². The molecule has 0 N–H and O–H groups in total. The molecule has 20 heavy (non-hydrogen) atoms. The lowest BCUT2D eigenvalue weighted by Gasteiger charge is -2.04. The summed E-state index contributed by atoms with van der Waals surface area (Å²) < 4.78 is 21.2. The van der Waals surface area contributed by atoms with E-state index in [1.165, 1.54) is 6.07 Å². The van der Waals surface area contributed by atoms with Gasteiger partial charge in [0.2, 0.25) is 5.89 Å². The summed E-state index contributed by atoms with van der Waals surface area (Å²) in [4.78, 5) is 8.45.